The van der Waals surface area contributed by atoms with E-state index >= 15 is 0 Å². The molecule has 1 aromatic carbocycles. The molecule has 1 aliphatic carbocycles. The molecular weight excluding hydrogens is 184 g/mol. The Bertz CT molecular complexity index is 344. The Morgan fingerprint density at radius 1 is 1.13 bits per heavy atom. The Kier molecular flexibility index (Phi) is 3.44. The largest absolute Gasteiger partial charge is 0.497 e. The van der Waals surface area contributed by atoms with Crippen LogP contribution in [0.25, 0.3) is 6.08 Å². The van der Waals surface area contributed by atoms with Crippen molar-refractivity contribution in [3.05, 3.63) is 35.4 Å². The highest BCUT2D eigenvalue weighted by Crippen LogP contribution is 2.25. The van der Waals surface area contributed by atoms with Gasteiger partial charge in [0.15, 0.2) is 0 Å². The number of rotatable bonds is 2. The van der Waals surface area contributed by atoms with Gasteiger partial charge in [0, 0.05) is 0 Å². The van der Waals surface area contributed by atoms with Crippen molar-refractivity contribution in [2.45, 2.75) is 32.1 Å². The monoisotopic (exact) mass is 202 g/mol. The van der Waals surface area contributed by atoms with Crippen molar-refractivity contribution in [3.63, 3.8) is 0 Å². The molecule has 0 N–H and O–H groups in total. The molecule has 0 spiro atoms. The Balaban J connectivity index is 2.14. The van der Waals surface area contributed by atoms with E-state index in [1.807, 2.05) is 12.1 Å². The van der Waals surface area contributed by atoms with Gasteiger partial charge in [-0.15, -0.1) is 0 Å². The standard InChI is InChI=1S/C14H18O/c1-15-14-9-5-8-13(11-14)10-12-6-3-2-4-7-12/h5,8-11H,2-4,6-7H2,1H3. The number of allylic oxidation sites excluding steroid dienone is 1. The summed E-state index contributed by atoms with van der Waals surface area (Å²) in [4.78, 5) is 0. The second kappa shape index (κ2) is 5.01. The first-order valence-electron chi connectivity index (χ1n) is 5.72. The quantitative estimate of drug-likeness (QED) is 0.703. The summed E-state index contributed by atoms with van der Waals surface area (Å²) in [6.45, 7) is 0. The fraction of sp³-hybridized carbons (Fsp3) is 0.429. The van der Waals surface area contributed by atoms with Gasteiger partial charge < -0.3 is 4.74 Å². The van der Waals surface area contributed by atoms with E-state index in [0.29, 0.717) is 0 Å². The molecule has 0 aromatic heterocycles. The van der Waals surface area contributed by atoms with E-state index in [1.54, 1.807) is 12.7 Å². The Labute approximate surface area is 91.8 Å². The van der Waals surface area contributed by atoms with Gasteiger partial charge in [-0.3, -0.25) is 0 Å². The predicted octanol–water partition coefficient (Wildman–Crippen LogP) is 4.04. The zero-order chi connectivity index (χ0) is 10.5. The summed E-state index contributed by atoms with van der Waals surface area (Å²) in [5, 5.41) is 0. The summed E-state index contributed by atoms with van der Waals surface area (Å²) < 4.78 is 5.21. The molecular formula is C14H18O. The third-order valence-electron chi connectivity index (χ3n) is 2.96. The summed E-state index contributed by atoms with van der Waals surface area (Å²) >= 11 is 0. The van der Waals surface area contributed by atoms with Crippen LogP contribution in [-0.2, 0) is 0 Å². The van der Waals surface area contributed by atoms with Crippen LogP contribution in [0.15, 0.2) is 29.8 Å². The van der Waals surface area contributed by atoms with E-state index in [2.05, 4.69) is 18.2 Å². The highest BCUT2D eigenvalue weighted by Gasteiger charge is 2.05. The minimum Gasteiger partial charge on any atom is -0.497 e. The van der Waals surface area contributed by atoms with E-state index in [-0.39, 0.29) is 0 Å². The van der Waals surface area contributed by atoms with Crippen molar-refractivity contribution in [1.29, 1.82) is 0 Å². The summed E-state index contributed by atoms with van der Waals surface area (Å²) in [5.74, 6) is 0.945. The molecule has 1 saturated carbocycles. The fourth-order valence-electron chi connectivity index (χ4n) is 2.12. The Hall–Kier alpha value is -1.24. The Morgan fingerprint density at radius 3 is 2.67 bits per heavy atom. The third-order valence-corrected chi connectivity index (χ3v) is 2.96. The van der Waals surface area contributed by atoms with Crippen LogP contribution in [0.5, 0.6) is 5.75 Å². The molecule has 0 heterocycles. The van der Waals surface area contributed by atoms with E-state index in [1.165, 1.54) is 37.7 Å². The molecule has 1 fully saturated rings. The van der Waals surface area contributed by atoms with E-state index in [9.17, 15) is 0 Å². The van der Waals surface area contributed by atoms with Crippen LogP contribution in [-0.4, -0.2) is 7.11 Å². The highest BCUT2D eigenvalue weighted by atomic mass is 16.5. The lowest BCUT2D eigenvalue weighted by molar-refractivity contribution is 0.414. The number of hydrogen-bond acceptors (Lipinski definition) is 1. The second-order valence-corrected chi connectivity index (χ2v) is 4.14. The zero-order valence-electron chi connectivity index (χ0n) is 9.33. The van der Waals surface area contributed by atoms with Crippen molar-refractivity contribution in [3.8, 4) is 5.75 Å². The van der Waals surface area contributed by atoms with Gasteiger partial charge in [-0.25, -0.2) is 0 Å². The number of ether oxygens (including phenoxy) is 1. The topological polar surface area (TPSA) is 9.23 Å². The molecule has 2 rings (SSSR count). The van der Waals surface area contributed by atoms with Gasteiger partial charge >= 0.3 is 0 Å². The van der Waals surface area contributed by atoms with Gasteiger partial charge in [0.1, 0.15) is 5.75 Å². The predicted molar refractivity (Wildman–Crippen MR) is 64.1 cm³/mol. The van der Waals surface area contributed by atoms with Gasteiger partial charge in [0.05, 0.1) is 7.11 Å². The Morgan fingerprint density at radius 2 is 1.93 bits per heavy atom. The van der Waals surface area contributed by atoms with Gasteiger partial charge in [0.2, 0.25) is 0 Å². The van der Waals surface area contributed by atoms with Crippen molar-refractivity contribution in [2.24, 2.45) is 0 Å². The lowest BCUT2D eigenvalue weighted by atomic mass is 9.93. The molecule has 0 saturated heterocycles. The molecule has 0 unspecified atom stereocenters. The smallest absolute Gasteiger partial charge is 0.119 e. The second-order valence-electron chi connectivity index (χ2n) is 4.14. The SMILES string of the molecule is COc1cccc(C=C2CCCCC2)c1. The van der Waals surface area contributed by atoms with Crippen LogP contribution < -0.4 is 4.74 Å². The normalized spacial score (nSPS) is 16.2. The van der Waals surface area contributed by atoms with Gasteiger partial charge in [-0.2, -0.15) is 0 Å². The zero-order valence-corrected chi connectivity index (χ0v) is 9.33. The fourth-order valence-corrected chi connectivity index (χ4v) is 2.12. The summed E-state index contributed by atoms with van der Waals surface area (Å²) in [5.41, 5.74) is 2.86. The average Bonchev–Trinajstić information content (AvgIpc) is 2.31. The van der Waals surface area contributed by atoms with Gasteiger partial charge in [-0.05, 0) is 43.4 Å². The lowest BCUT2D eigenvalue weighted by Gasteiger charge is -2.13. The van der Waals surface area contributed by atoms with Crippen molar-refractivity contribution < 1.29 is 4.74 Å². The summed E-state index contributed by atoms with van der Waals surface area (Å²) in [7, 11) is 1.72. The first-order chi connectivity index (χ1) is 7.38. The van der Waals surface area contributed by atoms with Crippen LogP contribution in [0.3, 0.4) is 0 Å². The maximum atomic E-state index is 5.21. The van der Waals surface area contributed by atoms with Crippen molar-refractivity contribution in [2.75, 3.05) is 7.11 Å². The maximum Gasteiger partial charge on any atom is 0.119 e. The van der Waals surface area contributed by atoms with Crippen LogP contribution >= 0.6 is 0 Å². The molecule has 80 valence electrons. The molecule has 15 heavy (non-hydrogen) atoms. The first-order valence-corrected chi connectivity index (χ1v) is 5.72. The van der Waals surface area contributed by atoms with Gasteiger partial charge in [0.25, 0.3) is 0 Å². The van der Waals surface area contributed by atoms with E-state index in [0.717, 1.165) is 5.75 Å². The van der Waals surface area contributed by atoms with Crippen LogP contribution in [0.2, 0.25) is 0 Å². The summed E-state index contributed by atoms with van der Waals surface area (Å²) in [6.07, 6.45) is 8.98. The minimum absolute atomic E-state index is 0.945. The van der Waals surface area contributed by atoms with Crippen molar-refractivity contribution in [1.82, 2.24) is 0 Å². The molecule has 1 aliphatic rings. The van der Waals surface area contributed by atoms with E-state index < -0.39 is 0 Å². The average molecular weight is 202 g/mol. The summed E-state index contributed by atoms with van der Waals surface area (Å²) in [6, 6.07) is 8.28. The molecule has 0 amide bonds. The highest BCUT2D eigenvalue weighted by molar-refractivity contribution is 5.55. The molecule has 1 heteroatoms. The van der Waals surface area contributed by atoms with E-state index in [4.69, 9.17) is 4.74 Å². The first kappa shape index (κ1) is 10.3. The van der Waals surface area contributed by atoms with Crippen LogP contribution in [0.1, 0.15) is 37.7 Å². The number of benzene rings is 1. The van der Waals surface area contributed by atoms with Crippen LogP contribution in [0, 0.1) is 0 Å². The van der Waals surface area contributed by atoms with Crippen LogP contribution in [0.4, 0.5) is 0 Å². The lowest BCUT2D eigenvalue weighted by Crippen LogP contribution is -1.93. The van der Waals surface area contributed by atoms with Gasteiger partial charge in [-0.1, -0.05) is 30.2 Å². The molecule has 0 atom stereocenters. The molecule has 0 radical (unpaired) electrons. The van der Waals surface area contributed by atoms with Crippen molar-refractivity contribution >= 4 is 6.08 Å². The maximum absolute atomic E-state index is 5.21. The minimum atomic E-state index is 0.945. The molecule has 0 aliphatic heterocycles. The third kappa shape index (κ3) is 2.85. The molecule has 1 nitrogen and oxygen atoms in total. The number of hydrogen-bond donors (Lipinski definition) is 0. The molecule has 0 bridgehead atoms. The number of methoxy groups -OCH3 is 1. The molecule has 1 aromatic rings.